The summed E-state index contributed by atoms with van der Waals surface area (Å²) in [5, 5.41) is 5.08. The molecule has 0 saturated carbocycles. The first-order valence-electron chi connectivity index (χ1n) is 8.89. The lowest BCUT2D eigenvalue weighted by Gasteiger charge is -2.14. The number of nitrogens with zero attached hydrogens (tertiary/aromatic N) is 2. The molecule has 3 aromatic carbocycles. The van der Waals surface area contributed by atoms with E-state index in [9.17, 15) is 4.79 Å². The summed E-state index contributed by atoms with van der Waals surface area (Å²) in [5.74, 6) is 0.369. The number of amides is 1. The van der Waals surface area contributed by atoms with Crippen molar-refractivity contribution in [2.75, 3.05) is 11.9 Å². The summed E-state index contributed by atoms with van der Waals surface area (Å²) in [6.45, 7) is 4.00. The van der Waals surface area contributed by atoms with E-state index in [1.54, 1.807) is 17.1 Å². The molecule has 4 aromatic rings. The molecule has 28 heavy (non-hydrogen) atoms. The summed E-state index contributed by atoms with van der Waals surface area (Å²) in [6, 6.07) is 21.3. The van der Waals surface area contributed by atoms with Gasteiger partial charge in [0.25, 0.3) is 5.91 Å². The van der Waals surface area contributed by atoms with E-state index in [-0.39, 0.29) is 12.5 Å². The van der Waals surface area contributed by atoms with E-state index in [1.807, 2.05) is 72.9 Å². The number of carbonyl (C=O) groups excluding carboxylic acids is 1. The average Bonchev–Trinajstić information content (AvgIpc) is 3.27. The highest BCUT2D eigenvalue weighted by Gasteiger charge is 2.11. The van der Waals surface area contributed by atoms with Crippen molar-refractivity contribution in [2.24, 2.45) is 0 Å². The third-order valence-corrected chi connectivity index (χ3v) is 4.41. The van der Waals surface area contributed by atoms with Gasteiger partial charge >= 0.3 is 0 Å². The summed E-state index contributed by atoms with van der Waals surface area (Å²) < 4.78 is 7.57. The number of carbonyl (C=O) groups is 1. The van der Waals surface area contributed by atoms with Gasteiger partial charge in [-0.15, -0.1) is 0 Å². The number of rotatable bonds is 6. The van der Waals surface area contributed by atoms with Gasteiger partial charge in [-0.05, 0) is 35.0 Å². The highest BCUT2D eigenvalue weighted by atomic mass is 16.5. The molecule has 0 fully saturated rings. The number of para-hydroxylation sites is 1. The van der Waals surface area contributed by atoms with E-state index >= 15 is 0 Å². The quantitative estimate of drug-likeness (QED) is 0.541. The molecule has 138 valence electrons. The molecule has 0 spiro atoms. The van der Waals surface area contributed by atoms with Gasteiger partial charge < -0.3 is 14.6 Å². The van der Waals surface area contributed by atoms with E-state index in [4.69, 9.17) is 4.74 Å². The number of ether oxygens (including phenoxy) is 1. The van der Waals surface area contributed by atoms with Gasteiger partial charge in [-0.3, -0.25) is 4.79 Å². The number of hydrogen-bond acceptors (Lipinski definition) is 3. The van der Waals surface area contributed by atoms with Gasteiger partial charge in [-0.25, -0.2) is 4.98 Å². The van der Waals surface area contributed by atoms with Crippen LogP contribution in [0.25, 0.3) is 16.5 Å². The van der Waals surface area contributed by atoms with Crippen LogP contribution in [0.5, 0.6) is 5.75 Å². The molecule has 0 unspecified atom stereocenters. The molecule has 0 radical (unpaired) electrons. The fourth-order valence-electron chi connectivity index (χ4n) is 3.00. The Kier molecular flexibility index (Phi) is 4.89. The van der Waals surface area contributed by atoms with E-state index in [0.717, 1.165) is 27.7 Å². The Bertz CT molecular complexity index is 1130. The lowest BCUT2D eigenvalue weighted by atomic mass is 10.1. The Hall–Kier alpha value is -3.86. The number of nitrogens with one attached hydrogen (secondary N) is 1. The lowest BCUT2D eigenvalue weighted by Crippen LogP contribution is -2.20. The molecule has 1 aromatic heterocycles. The number of fused-ring (bicyclic) bond motifs is 1. The first kappa shape index (κ1) is 17.5. The number of benzene rings is 3. The van der Waals surface area contributed by atoms with Gasteiger partial charge in [0, 0.05) is 23.6 Å². The number of imidazole rings is 1. The predicted octanol–water partition coefficient (Wildman–Crippen LogP) is 4.57. The maximum absolute atomic E-state index is 12.4. The van der Waals surface area contributed by atoms with Crippen LogP contribution in [-0.4, -0.2) is 22.1 Å². The van der Waals surface area contributed by atoms with Crippen molar-refractivity contribution in [1.29, 1.82) is 0 Å². The second kappa shape index (κ2) is 7.80. The number of hydrogen-bond donors (Lipinski definition) is 1. The summed E-state index contributed by atoms with van der Waals surface area (Å²) in [5.41, 5.74) is 2.27. The van der Waals surface area contributed by atoms with Gasteiger partial charge in [-0.1, -0.05) is 49.0 Å². The van der Waals surface area contributed by atoms with Crippen LogP contribution in [0.1, 0.15) is 5.56 Å². The smallest absolute Gasteiger partial charge is 0.262 e. The standard InChI is InChI=1S/C23H19N3O2/c1-17(26-13-12-24-16-26)21-8-4-5-9-22(21)28-15-23(27)25-20-11-10-18-6-2-3-7-19(18)14-20/h2-14,16H,1,15H2,(H,25,27). The SMILES string of the molecule is C=C(c1ccccc1OCC(=O)Nc1ccc2ccccc2c1)n1ccnc1. The zero-order chi connectivity index (χ0) is 19.3. The van der Waals surface area contributed by atoms with Crippen LogP contribution >= 0.6 is 0 Å². The Balaban J connectivity index is 1.44. The fourth-order valence-corrected chi connectivity index (χ4v) is 3.00. The Morgan fingerprint density at radius 1 is 1.04 bits per heavy atom. The zero-order valence-electron chi connectivity index (χ0n) is 15.2. The molecule has 1 heterocycles. The van der Waals surface area contributed by atoms with E-state index in [2.05, 4.69) is 16.9 Å². The summed E-state index contributed by atoms with van der Waals surface area (Å²) >= 11 is 0. The molecular weight excluding hydrogens is 350 g/mol. The van der Waals surface area contributed by atoms with Gasteiger partial charge in [0.15, 0.2) is 6.61 Å². The normalized spacial score (nSPS) is 10.6. The van der Waals surface area contributed by atoms with Gasteiger partial charge in [0.05, 0.1) is 12.0 Å². The van der Waals surface area contributed by atoms with Crippen molar-refractivity contribution in [1.82, 2.24) is 9.55 Å². The molecule has 0 aliphatic rings. The third kappa shape index (κ3) is 3.78. The molecule has 0 bridgehead atoms. The third-order valence-electron chi connectivity index (χ3n) is 4.41. The first-order chi connectivity index (χ1) is 13.7. The monoisotopic (exact) mass is 369 g/mol. The molecule has 0 atom stereocenters. The van der Waals surface area contributed by atoms with Crippen molar-refractivity contribution in [3.05, 3.63) is 97.6 Å². The second-order valence-electron chi connectivity index (χ2n) is 6.31. The molecule has 0 aliphatic heterocycles. The van der Waals surface area contributed by atoms with Crippen molar-refractivity contribution >= 4 is 28.1 Å². The van der Waals surface area contributed by atoms with Crippen LogP contribution in [0, 0.1) is 0 Å². The molecule has 4 rings (SSSR count). The summed E-state index contributed by atoms with van der Waals surface area (Å²) in [6.07, 6.45) is 5.17. The maximum Gasteiger partial charge on any atom is 0.262 e. The predicted molar refractivity (Wildman–Crippen MR) is 111 cm³/mol. The molecule has 0 aliphatic carbocycles. The van der Waals surface area contributed by atoms with Gasteiger partial charge in [-0.2, -0.15) is 0 Å². The van der Waals surface area contributed by atoms with E-state index in [0.29, 0.717) is 5.75 Å². The Labute approximate surface area is 162 Å². The van der Waals surface area contributed by atoms with Crippen molar-refractivity contribution in [3.63, 3.8) is 0 Å². The van der Waals surface area contributed by atoms with Crippen molar-refractivity contribution < 1.29 is 9.53 Å². The minimum atomic E-state index is -0.224. The first-order valence-corrected chi connectivity index (χ1v) is 8.89. The van der Waals surface area contributed by atoms with Crippen LogP contribution in [0.2, 0.25) is 0 Å². The molecule has 0 saturated heterocycles. The summed E-state index contributed by atoms with van der Waals surface area (Å²) in [7, 11) is 0. The van der Waals surface area contributed by atoms with E-state index in [1.165, 1.54) is 0 Å². The second-order valence-corrected chi connectivity index (χ2v) is 6.31. The largest absolute Gasteiger partial charge is 0.483 e. The average molecular weight is 369 g/mol. The molecular formula is C23H19N3O2. The van der Waals surface area contributed by atoms with Crippen LogP contribution < -0.4 is 10.1 Å². The topological polar surface area (TPSA) is 56.1 Å². The van der Waals surface area contributed by atoms with Crippen LogP contribution in [0.15, 0.2) is 92.0 Å². The number of anilines is 1. The highest BCUT2D eigenvalue weighted by molar-refractivity contribution is 5.95. The number of aromatic nitrogens is 2. The lowest BCUT2D eigenvalue weighted by molar-refractivity contribution is -0.118. The Morgan fingerprint density at radius 3 is 2.64 bits per heavy atom. The summed E-state index contributed by atoms with van der Waals surface area (Å²) in [4.78, 5) is 16.4. The van der Waals surface area contributed by atoms with Crippen LogP contribution in [-0.2, 0) is 4.79 Å². The van der Waals surface area contributed by atoms with E-state index < -0.39 is 0 Å². The van der Waals surface area contributed by atoms with Crippen LogP contribution in [0.3, 0.4) is 0 Å². The van der Waals surface area contributed by atoms with Gasteiger partial charge in [0.1, 0.15) is 5.75 Å². The fraction of sp³-hybridized carbons (Fsp3) is 0.0435. The van der Waals surface area contributed by atoms with Crippen molar-refractivity contribution in [2.45, 2.75) is 0 Å². The molecule has 1 amide bonds. The minimum absolute atomic E-state index is 0.0962. The highest BCUT2D eigenvalue weighted by Crippen LogP contribution is 2.26. The van der Waals surface area contributed by atoms with Crippen LogP contribution in [0.4, 0.5) is 5.69 Å². The minimum Gasteiger partial charge on any atom is -0.483 e. The molecule has 5 nitrogen and oxygen atoms in total. The molecule has 5 heteroatoms. The molecule has 1 N–H and O–H groups in total. The zero-order valence-corrected chi connectivity index (χ0v) is 15.2. The van der Waals surface area contributed by atoms with Gasteiger partial charge in [0.2, 0.25) is 0 Å². The maximum atomic E-state index is 12.4. The van der Waals surface area contributed by atoms with Crippen molar-refractivity contribution in [3.8, 4) is 5.75 Å². The Morgan fingerprint density at radius 2 is 1.82 bits per heavy atom.